The largest absolute Gasteiger partial charge is 0.378 e. The van der Waals surface area contributed by atoms with Gasteiger partial charge in [0.15, 0.2) is 0 Å². The highest BCUT2D eigenvalue weighted by Gasteiger charge is 2.14. The van der Waals surface area contributed by atoms with Crippen LogP contribution in [0.4, 0.5) is 0 Å². The Bertz CT molecular complexity index is 402. The quantitative estimate of drug-likeness (QED) is 0.836. The van der Waals surface area contributed by atoms with Crippen molar-refractivity contribution in [3.63, 3.8) is 0 Å². The molecule has 0 fully saturated rings. The number of carbonyl (C=O) groups excluding carboxylic acids is 1. The first-order chi connectivity index (χ1) is 8.90. The molecule has 0 spiro atoms. The Morgan fingerprint density at radius 1 is 1.37 bits per heavy atom. The zero-order valence-electron chi connectivity index (χ0n) is 12.4. The van der Waals surface area contributed by atoms with Gasteiger partial charge in [-0.1, -0.05) is 13.8 Å². The molecule has 1 heterocycles. The van der Waals surface area contributed by atoms with E-state index in [-0.39, 0.29) is 18.1 Å². The summed E-state index contributed by atoms with van der Waals surface area (Å²) in [5.74, 6) is 0.438. The van der Waals surface area contributed by atoms with Gasteiger partial charge in [0.25, 0.3) is 0 Å². The summed E-state index contributed by atoms with van der Waals surface area (Å²) in [6, 6.07) is -0.0460. The minimum atomic E-state index is -0.0460. The third-order valence-electron chi connectivity index (χ3n) is 2.64. The number of amides is 1. The lowest BCUT2D eigenvalue weighted by Gasteiger charge is -2.12. The fourth-order valence-corrected chi connectivity index (χ4v) is 2.47. The number of nitrogens with one attached hydrogen (secondary N) is 1. The molecule has 0 aliphatic heterocycles. The smallest absolute Gasteiger partial charge is 0.222 e. The van der Waals surface area contributed by atoms with Gasteiger partial charge in [-0.2, -0.15) is 0 Å². The minimum Gasteiger partial charge on any atom is -0.378 e. The molecule has 0 saturated heterocycles. The molecule has 0 unspecified atom stereocenters. The normalized spacial score (nSPS) is 13.0. The lowest BCUT2D eigenvalue weighted by molar-refractivity contribution is -0.123. The third-order valence-corrected chi connectivity index (χ3v) is 3.80. The average Bonchev–Trinajstić information content (AvgIpc) is 2.77. The molecule has 0 saturated carbocycles. The number of aromatic nitrogens is 1. The fourth-order valence-electron chi connectivity index (χ4n) is 1.54. The molecule has 1 N–H and O–H groups in total. The summed E-state index contributed by atoms with van der Waals surface area (Å²) in [6.07, 6.45) is 0.557. The molecule has 19 heavy (non-hydrogen) atoms. The zero-order chi connectivity index (χ0) is 14.4. The molecule has 0 radical (unpaired) electrons. The van der Waals surface area contributed by atoms with Crippen LogP contribution >= 0.6 is 11.3 Å². The summed E-state index contributed by atoms with van der Waals surface area (Å²) in [6.45, 7) is 10.6. The molecule has 1 aromatic rings. The lowest BCUT2D eigenvalue weighted by atomic mass is 10.2. The van der Waals surface area contributed by atoms with Crippen molar-refractivity contribution in [1.29, 1.82) is 0 Å². The SMILES string of the molecule is CC(C)OCCC(=O)N[C@@H](C)c1csc(C(C)C)n1. The summed E-state index contributed by atoms with van der Waals surface area (Å²) in [7, 11) is 0. The number of ether oxygens (including phenoxy) is 1. The van der Waals surface area contributed by atoms with E-state index in [1.54, 1.807) is 11.3 Å². The van der Waals surface area contributed by atoms with E-state index in [2.05, 4.69) is 24.1 Å². The second-order valence-corrected chi connectivity index (χ2v) is 6.11. The van der Waals surface area contributed by atoms with E-state index >= 15 is 0 Å². The van der Waals surface area contributed by atoms with Gasteiger partial charge in [0.2, 0.25) is 5.91 Å². The number of nitrogens with zero attached hydrogens (tertiary/aromatic N) is 1. The fraction of sp³-hybridized carbons (Fsp3) is 0.714. The van der Waals surface area contributed by atoms with Gasteiger partial charge in [-0.3, -0.25) is 4.79 Å². The maximum atomic E-state index is 11.7. The van der Waals surface area contributed by atoms with Gasteiger partial charge in [-0.15, -0.1) is 11.3 Å². The summed E-state index contributed by atoms with van der Waals surface area (Å²) in [5.41, 5.74) is 0.937. The molecule has 0 aliphatic rings. The maximum absolute atomic E-state index is 11.7. The average molecular weight is 284 g/mol. The predicted octanol–water partition coefficient (Wildman–Crippen LogP) is 3.26. The molecule has 108 valence electrons. The molecule has 1 amide bonds. The summed E-state index contributed by atoms with van der Waals surface area (Å²) >= 11 is 1.65. The van der Waals surface area contributed by atoms with Crippen LogP contribution in [0.2, 0.25) is 0 Å². The number of carbonyl (C=O) groups is 1. The molecule has 5 heteroatoms. The second-order valence-electron chi connectivity index (χ2n) is 5.22. The van der Waals surface area contributed by atoms with E-state index in [9.17, 15) is 4.79 Å². The van der Waals surface area contributed by atoms with Gasteiger partial charge in [-0.05, 0) is 20.8 Å². The molecule has 0 bridgehead atoms. The van der Waals surface area contributed by atoms with Crippen molar-refractivity contribution >= 4 is 17.2 Å². The van der Waals surface area contributed by atoms with Crippen LogP contribution in [0.25, 0.3) is 0 Å². The van der Waals surface area contributed by atoms with Crippen LogP contribution in [0.1, 0.15) is 63.7 Å². The Morgan fingerprint density at radius 2 is 2.05 bits per heavy atom. The van der Waals surface area contributed by atoms with E-state index in [4.69, 9.17) is 4.74 Å². The van der Waals surface area contributed by atoms with Crippen molar-refractivity contribution in [1.82, 2.24) is 10.3 Å². The van der Waals surface area contributed by atoms with Gasteiger partial charge < -0.3 is 10.1 Å². The Labute approximate surface area is 119 Å². The molecular formula is C14H24N2O2S. The number of thiazole rings is 1. The minimum absolute atomic E-state index is 0.00671. The number of hydrogen-bond donors (Lipinski definition) is 1. The topological polar surface area (TPSA) is 51.2 Å². The molecule has 4 nitrogen and oxygen atoms in total. The standard InChI is InChI=1S/C14H24N2O2S/c1-9(2)14-16-12(8-19-14)11(5)15-13(17)6-7-18-10(3)4/h8-11H,6-7H2,1-5H3,(H,15,17)/t11-/m0/s1. The lowest BCUT2D eigenvalue weighted by Crippen LogP contribution is -2.28. The Balaban J connectivity index is 2.40. The third kappa shape index (κ3) is 5.70. The molecule has 1 atom stereocenters. The van der Waals surface area contributed by atoms with Crippen LogP contribution < -0.4 is 5.32 Å². The van der Waals surface area contributed by atoms with Gasteiger partial charge in [0.05, 0.1) is 29.5 Å². The van der Waals surface area contributed by atoms with Crippen molar-refractivity contribution in [3.05, 3.63) is 16.1 Å². The molecule has 1 rings (SSSR count). The first-order valence-corrected chi connectivity index (χ1v) is 7.64. The van der Waals surface area contributed by atoms with E-state index in [0.717, 1.165) is 10.7 Å². The van der Waals surface area contributed by atoms with E-state index in [0.29, 0.717) is 18.9 Å². The monoisotopic (exact) mass is 284 g/mol. The van der Waals surface area contributed by atoms with Crippen molar-refractivity contribution in [2.75, 3.05) is 6.61 Å². The van der Waals surface area contributed by atoms with Crippen molar-refractivity contribution in [2.24, 2.45) is 0 Å². The highest BCUT2D eigenvalue weighted by atomic mass is 32.1. The maximum Gasteiger partial charge on any atom is 0.222 e. The van der Waals surface area contributed by atoms with Crippen LogP contribution in [0.3, 0.4) is 0 Å². The van der Waals surface area contributed by atoms with Crippen LogP contribution in [0.15, 0.2) is 5.38 Å². The van der Waals surface area contributed by atoms with Gasteiger partial charge >= 0.3 is 0 Å². The van der Waals surface area contributed by atoms with Crippen molar-refractivity contribution < 1.29 is 9.53 Å². The molecule has 1 aromatic heterocycles. The molecule has 0 aliphatic carbocycles. The Hall–Kier alpha value is -0.940. The van der Waals surface area contributed by atoms with Gasteiger partial charge in [0, 0.05) is 17.7 Å². The Morgan fingerprint density at radius 3 is 2.58 bits per heavy atom. The number of rotatable bonds is 7. The van der Waals surface area contributed by atoms with Crippen LogP contribution in [-0.2, 0) is 9.53 Å². The summed E-state index contributed by atoms with van der Waals surface area (Å²) in [4.78, 5) is 16.3. The second kappa shape index (κ2) is 7.60. The van der Waals surface area contributed by atoms with Crippen LogP contribution in [0.5, 0.6) is 0 Å². The van der Waals surface area contributed by atoms with Crippen molar-refractivity contribution in [2.45, 2.75) is 59.1 Å². The highest BCUT2D eigenvalue weighted by molar-refractivity contribution is 7.09. The van der Waals surface area contributed by atoms with Crippen LogP contribution in [0, 0.1) is 0 Å². The van der Waals surface area contributed by atoms with Gasteiger partial charge in [-0.25, -0.2) is 4.98 Å². The van der Waals surface area contributed by atoms with E-state index < -0.39 is 0 Å². The number of hydrogen-bond acceptors (Lipinski definition) is 4. The summed E-state index contributed by atoms with van der Waals surface area (Å²) in [5, 5.41) is 6.08. The molecule has 0 aromatic carbocycles. The van der Waals surface area contributed by atoms with Crippen LogP contribution in [-0.4, -0.2) is 23.6 Å². The van der Waals surface area contributed by atoms with E-state index in [1.807, 2.05) is 26.2 Å². The van der Waals surface area contributed by atoms with Crippen molar-refractivity contribution in [3.8, 4) is 0 Å². The predicted molar refractivity (Wildman–Crippen MR) is 78.5 cm³/mol. The highest BCUT2D eigenvalue weighted by Crippen LogP contribution is 2.22. The first-order valence-electron chi connectivity index (χ1n) is 6.76. The molecular weight excluding hydrogens is 260 g/mol. The summed E-state index contributed by atoms with van der Waals surface area (Å²) < 4.78 is 5.36. The van der Waals surface area contributed by atoms with E-state index in [1.165, 1.54) is 0 Å². The van der Waals surface area contributed by atoms with Gasteiger partial charge in [0.1, 0.15) is 0 Å². The first kappa shape index (κ1) is 16.1. The Kier molecular flexibility index (Phi) is 6.45. The zero-order valence-corrected chi connectivity index (χ0v) is 13.2.